The van der Waals surface area contributed by atoms with Gasteiger partial charge < -0.3 is 49.4 Å². The lowest BCUT2D eigenvalue weighted by Crippen LogP contribution is -2.30. The number of aromatic nitrogens is 4. The van der Waals surface area contributed by atoms with Crippen molar-refractivity contribution >= 4 is 102 Å². The zero-order chi connectivity index (χ0) is 49.9. The molecule has 14 nitrogen and oxygen atoms in total. The van der Waals surface area contributed by atoms with Crippen molar-refractivity contribution in [2.75, 3.05) is 48.9 Å². The van der Waals surface area contributed by atoms with Crippen molar-refractivity contribution < 1.29 is 65.2 Å². The monoisotopic (exact) mass is 1010 g/mol. The molecule has 8 aromatic rings. The van der Waals surface area contributed by atoms with Crippen molar-refractivity contribution in [1.82, 2.24) is 19.9 Å². The summed E-state index contributed by atoms with van der Waals surface area (Å²) in [5.74, 6) is -6.55. The van der Waals surface area contributed by atoms with Crippen molar-refractivity contribution in [3.05, 3.63) is 117 Å². The smallest absolute Gasteiger partial charge is 0.432 e. The molecule has 0 fully saturated rings. The van der Waals surface area contributed by atoms with Gasteiger partial charge >= 0.3 is 24.3 Å². The van der Waals surface area contributed by atoms with Gasteiger partial charge in [0, 0.05) is 81.4 Å². The van der Waals surface area contributed by atoms with Crippen molar-refractivity contribution in [2.45, 2.75) is 37.0 Å². The Hall–Kier alpha value is -7.32. The zero-order valence-corrected chi connectivity index (χ0v) is 37.9. The van der Waals surface area contributed by atoms with Crippen LogP contribution in [-0.2, 0) is 34.7 Å². The summed E-state index contributed by atoms with van der Waals surface area (Å²) >= 11 is 12.6. The number of nitrogens with one attached hydrogen (secondary N) is 4. The van der Waals surface area contributed by atoms with E-state index >= 15 is 0 Å². The number of rotatable bonds is 9. The van der Waals surface area contributed by atoms with Crippen LogP contribution in [0.3, 0.4) is 0 Å². The average Bonchev–Trinajstić information content (AvgIpc) is 4.19. The van der Waals surface area contributed by atoms with E-state index in [-0.39, 0.29) is 80.5 Å². The number of aromatic amines is 4. The van der Waals surface area contributed by atoms with Crippen LogP contribution in [0.4, 0.5) is 37.7 Å². The summed E-state index contributed by atoms with van der Waals surface area (Å²) < 4.78 is 94.3. The lowest BCUT2D eigenvalue weighted by molar-refractivity contribution is -0.141. The Morgan fingerprint density at radius 3 is 1.34 bits per heavy atom. The molecule has 70 heavy (non-hydrogen) atoms. The minimum atomic E-state index is -5.01. The van der Waals surface area contributed by atoms with Crippen LogP contribution in [0, 0.1) is 0 Å². The minimum absolute atomic E-state index is 0.0536. The summed E-state index contributed by atoms with van der Waals surface area (Å²) in [4.78, 5) is 67.0. The van der Waals surface area contributed by atoms with Crippen LogP contribution in [0.15, 0.2) is 60.7 Å². The van der Waals surface area contributed by atoms with Gasteiger partial charge in [-0.3, -0.25) is 9.59 Å². The van der Waals surface area contributed by atoms with E-state index in [1.54, 1.807) is 12.1 Å². The number of benzene rings is 4. The number of ether oxygens (including phenoxy) is 2. The first-order valence-corrected chi connectivity index (χ1v) is 22.5. The number of alkyl halides is 8. The largest absolute Gasteiger partial charge is 0.506 e. The Morgan fingerprint density at radius 2 is 1.00 bits per heavy atom. The Morgan fingerprint density at radius 1 is 0.614 bits per heavy atom. The number of anilines is 2. The number of hydrogen-bond acceptors (Lipinski definition) is 8. The molecule has 6 heterocycles. The van der Waals surface area contributed by atoms with Gasteiger partial charge in [-0.1, -0.05) is 12.1 Å². The van der Waals surface area contributed by atoms with Gasteiger partial charge in [0.2, 0.25) is 0 Å². The molecule has 0 bridgehead atoms. The van der Waals surface area contributed by atoms with Crippen molar-refractivity contribution in [2.24, 2.45) is 0 Å². The summed E-state index contributed by atoms with van der Waals surface area (Å²) in [6, 6.07) is 16.8. The molecule has 0 saturated carbocycles. The molecule has 0 aliphatic carbocycles. The van der Waals surface area contributed by atoms with E-state index in [2.05, 4.69) is 19.9 Å². The Bertz CT molecular complexity index is 3310. The fourth-order valence-corrected chi connectivity index (χ4v) is 10.5. The van der Waals surface area contributed by atoms with Crippen LogP contribution in [0.1, 0.15) is 87.2 Å². The zero-order valence-electron chi connectivity index (χ0n) is 36.4. The quantitative estimate of drug-likeness (QED) is 0.0467. The average molecular weight is 1010 g/mol. The molecule has 10 rings (SSSR count). The number of aryl methyl sites for hydroxylation is 2. The maximum absolute atomic E-state index is 14.2. The number of methoxy groups -OCH3 is 2. The summed E-state index contributed by atoms with van der Waals surface area (Å²) in [7, 11) is 1.88. The van der Waals surface area contributed by atoms with E-state index in [4.69, 9.17) is 32.7 Å². The summed E-state index contributed by atoms with van der Waals surface area (Å²) in [6.07, 6.45) is -8.90. The predicted molar refractivity (Wildman–Crippen MR) is 247 cm³/mol. The summed E-state index contributed by atoms with van der Waals surface area (Å²) in [6.45, 7) is -0.107. The molecule has 0 radical (unpaired) electrons. The number of H-pyrrole nitrogens is 4. The molecule has 0 saturated heterocycles. The Balaban J connectivity index is 0.888. The molecule has 6 N–H and O–H groups in total. The van der Waals surface area contributed by atoms with Gasteiger partial charge in [-0.2, -0.15) is 26.3 Å². The molecule has 2 aliphatic rings. The second-order valence-electron chi connectivity index (χ2n) is 17.1. The highest BCUT2D eigenvalue weighted by Crippen LogP contribution is 2.51. The second-order valence-corrected chi connectivity index (χ2v) is 17.7. The standard InChI is InChI=1S/C48H36Cl2F6N6O8/c1-69-45(67)37-35-33-23(15-49)17-61(29(33)13-31(63)39(35)59-41(37)47(51,52)53)43(65)27-11-21-9-19(5-7-25(21)57-27)3-4-20-6-8-26-22(10-20)12-28(58-26)44(66)62-18-24(16-50)34-30(62)14-32(64)40-36(34)38(46(68)70-2)42(60-40)48(54,55)56/h5-14,23-24,57-60,63-64H,3-4,15-18H2,1-2H3/t23-,24-/m1/s1. The second kappa shape index (κ2) is 16.7. The first kappa shape index (κ1) is 46.4. The van der Waals surface area contributed by atoms with Crippen LogP contribution >= 0.6 is 23.2 Å². The molecular formula is C48H36Cl2F6N6O8. The first-order chi connectivity index (χ1) is 33.3. The van der Waals surface area contributed by atoms with Gasteiger partial charge in [0.1, 0.15) is 34.3 Å². The fourth-order valence-electron chi connectivity index (χ4n) is 9.99. The van der Waals surface area contributed by atoms with E-state index in [9.17, 15) is 55.7 Å². The number of esters is 2. The van der Waals surface area contributed by atoms with Gasteiger partial charge in [0.25, 0.3) is 11.8 Å². The highest BCUT2D eigenvalue weighted by atomic mass is 35.5. The number of amides is 2. The van der Waals surface area contributed by atoms with Crippen LogP contribution in [0.5, 0.6) is 11.5 Å². The van der Waals surface area contributed by atoms with Crippen molar-refractivity contribution in [3.63, 3.8) is 0 Å². The number of carbonyl (C=O) groups excluding carboxylic acids is 4. The molecule has 2 aliphatic heterocycles. The van der Waals surface area contributed by atoms with Crippen LogP contribution in [-0.4, -0.2) is 93.0 Å². The molecule has 4 aromatic carbocycles. The number of carbonyl (C=O) groups is 4. The molecule has 2 amide bonds. The third kappa shape index (κ3) is 7.33. The van der Waals surface area contributed by atoms with Gasteiger partial charge in [-0.15, -0.1) is 23.2 Å². The van der Waals surface area contributed by atoms with Crippen LogP contribution < -0.4 is 9.80 Å². The molecule has 2 atom stereocenters. The lowest BCUT2D eigenvalue weighted by Gasteiger charge is -2.17. The Labute approximate surface area is 400 Å². The fraction of sp³-hybridized carbons (Fsp3) is 0.250. The number of aromatic hydroxyl groups is 2. The first-order valence-electron chi connectivity index (χ1n) is 21.4. The number of halogens is 8. The van der Waals surface area contributed by atoms with Gasteiger partial charge in [-0.25, -0.2) is 9.59 Å². The van der Waals surface area contributed by atoms with E-state index < -0.39 is 82.0 Å². The third-order valence-corrected chi connectivity index (χ3v) is 13.8. The lowest BCUT2D eigenvalue weighted by atomic mass is 9.95. The van der Waals surface area contributed by atoms with Crippen LogP contribution in [0.2, 0.25) is 0 Å². The SMILES string of the molecule is COC(=O)c1c(C(F)(F)F)[nH]c2c(O)cc3c(c12)[C@H](CCl)CN3C(=O)c1cc2cc(CCc3ccc4[nH]c(C(=O)N5C[C@@H](CCl)c6c5cc(O)c5[nH]c(C(F)(F)F)c(C(=O)OC)c65)cc4c3)ccc2[nH]1. The predicted octanol–water partition coefficient (Wildman–Crippen LogP) is 10.4. The van der Waals surface area contributed by atoms with Gasteiger partial charge in [0.05, 0.1) is 47.8 Å². The molecule has 0 unspecified atom stereocenters. The molecule has 4 aromatic heterocycles. The molecule has 0 spiro atoms. The maximum Gasteiger partial charge on any atom is 0.432 e. The topological polar surface area (TPSA) is 197 Å². The van der Waals surface area contributed by atoms with Crippen molar-refractivity contribution in [1.29, 1.82) is 0 Å². The number of hydrogen-bond donors (Lipinski definition) is 6. The Kier molecular flexibility index (Phi) is 11.1. The van der Waals surface area contributed by atoms with E-state index in [1.165, 1.54) is 21.9 Å². The van der Waals surface area contributed by atoms with Gasteiger partial charge in [0.15, 0.2) is 0 Å². The molecule has 362 valence electrons. The van der Waals surface area contributed by atoms with Gasteiger partial charge in [-0.05, 0) is 71.5 Å². The highest BCUT2D eigenvalue weighted by molar-refractivity contribution is 6.21. The van der Waals surface area contributed by atoms with Crippen molar-refractivity contribution in [3.8, 4) is 11.5 Å². The number of phenols is 2. The van der Waals surface area contributed by atoms with E-state index in [0.717, 1.165) is 25.3 Å². The molecule has 22 heteroatoms. The number of phenolic OH excluding ortho intramolecular Hbond substituents is 2. The van der Waals surface area contributed by atoms with E-state index in [0.29, 0.717) is 34.6 Å². The number of nitrogens with zero attached hydrogens (tertiary/aromatic N) is 2. The summed E-state index contributed by atoms with van der Waals surface area (Å²) in [5.41, 5.74) is -1.19. The highest BCUT2D eigenvalue weighted by Gasteiger charge is 2.46. The minimum Gasteiger partial charge on any atom is -0.506 e. The number of fused-ring (bicyclic) bond motifs is 8. The maximum atomic E-state index is 14.2. The summed E-state index contributed by atoms with van der Waals surface area (Å²) in [5, 5.41) is 22.8. The third-order valence-electron chi connectivity index (χ3n) is 13.1. The van der Waals surface area contributed by atoms with E-state index in [1.807, 2.05) is 36.4 Å². The molecular weight excluding hydrogens is 973 g/mol. The van der Waals surface area contributed by atoms with Crippen LogP contribution in [0.25, 0.3) is 43.6 Å². The normalized spacial score (nSPS) is 16.0.